The molecule has 0 aromatic heterocycles. The lowest BCUT2D eigenvalue weighted by molar-refractivity contribution is -0.142. The van der Waals surface area contributed by atoms with Crippen molar-refractivity contribution in [2.75, 3.05) is 18.8 Å². The van der Waals surface area contributed by atoms with Crippen LogP contribution in [0.1, 0.15) is 19.4 Å². The second-order valence-electron chi connectivity index (χ2n) is 4.98. The molecule has 98 valence electrons. The summed E-state index contributed by atoms with van der Waals surface area (Å²) < 4.78 is 5.62. The fourth-order valence-electron chi connectivity index (χ4n) is 2.37. The number of hydrogen-bond acceptors (Lipinski definition) is 3. The predicted molar refractivity (Wildman–Crippen MR) is 71.1 cm³/mol. The lowest BCUT2D eigenvalue weighted by Crippen LogP contribution is -2.48. The summed E-state index contributed by atoms with van der Waals surface area (Å²) in [6.45, 7) is 5.34. The van der Waals surface area contributed by atoms with Crippen molar-refractivity contribution < 1.29 is 9.53 Å². The van der Waals surface area contributed by atoms with Crippen LogP contribution in [0.3, 0.4) is 0 Å². The summed E-state index contributed by atoms with van der Waals surface area (Å²) in [4.78, 5) is 14.1. The molecule has 1 aliphatic heterocycles. The highest BCUT2D eigenvalue weighted by Crippen LogP contribution is 2.13. The van der Waals surface area contributed by atoms with E-state index in [-0.39, 0.29) is 18.1 Å². The molecule has 2 rings (SSSR count). The summed E-state index contributed by atoms with van der Waals surface area (Å²) in [6, 6.07) is 7.49. The molecule has 4 heteroatoms. The van der Waals surface area contributed by atoms with Gasteiger partial charge in [-0.3, -0.25) is 4.79 Å². The van der Waals surface area contributed by atoms with Gasteiger partial charge in [-0.2, -0.15) is 0 Å². The third kappa shape index (κ3) is 3.23. The zero-order valence-corrected chi connectivity index (χ0v) is 10.9. The Morgan fingerprint density at radius 1 is 1.39 bits per heavy atom. The maximum atomic E-state index is 12.2. The number of nitrogen functional groups attached to an aromatic ring is 1. The molecule has 0 bridgehead atoms. The summed E-state index contributed by atoms with van der Waals surface area (Å²) in [5.41, 5.74) is 7.37. The van der Waals surface area contributed by atoms with E-state index in [4.69, 9.17) is 10.5 Å². The van der Waals surface area contributed by atoms with Crippen LogP contribution in [0.25, 0.3) is 0 Å². The molecule has 0 aliphatic carbocycles. The van der Waals surface area contributed by atoms with Crippen LogP contribution >= 0.6 is 0 Å². The van der Waals surface area contributed by atoms with Gasteiger partial charge in [-0.1, -0.05) is 12.1 Å². The zero-order chi connectivity index (χ0) is 13.1. The van der Waals surface area contributed by atoms with Crippen molar-refractivity contribution in [2.24, 2.45) is 0 Å². The standard InChI is InChI=1S/C14H20N2O2/c1-10-8-16(9-11(2)18-10)14(17)7-12-4-3-5-13(15)6-12/h3-6,10-11H,7-9,15H2,1-2H3/t10-,11+. The van der Waals surface area contributed by atoms with Crippen LogP contribution in [0.4, 0.5) is 5.69 Å². The van der Waals surface area contributed by atoms with Crippen molar-refractivity contribution in [2.45, 2.75) is 32.5 Å². The number of benzene rings is 1. The third-order valence-corrected chi connectivity index (χ3v) is 3.08. The molecule has 1 saturated heterocycles. The molecule has 1 amide bonds. The van der Waals surface area contributed by atoms with E-state index in [1.165, 1.54) is 0 Å². The van der Waals surface area contributed by atoms with Gasteiger partial charge < -0.3 is 15.4 Å². The van der Waals surface area contributed by atoms with Gasteiger partial charge in [0.05, 0.1) is 18.6 Å². The smallest absolute Gasteiger partial charge is 0.227 e. The van der Waals surface area contributed by atoms with Crippen LogP contribution in [0, 0.1) is 0 Å². The average Bonchev–Trinajstić information content (AvgIpc) is 2.27. The van der Waals surface area contributed by atoms with Gasteiger partial charge in [0.15, 0.2) is 0 Å². The fourth-order valence-corrected chi connectivity index (χ4v) is 2.37. The number of nitrogens with zero attached hydrogens (tertiary/aromatic N) is 1. The lowest BCUT2D eigenvalue weighted by Gasteiger charge is -2.35. The molecule has 0 spiro atoms. The van der Waals surface area contributed by atoms with Gasteiger partial charge in [-0.25, -0.2) is 0 Å². The van der Waals surface area contributed by atoms with Crippen molar-refractivity contribution in [3.63, 3.8) is 0 Å². The predicted octanol–water partition coefficient (Wildman–Crippen LogP) is 1.45. The first-order valence-electron chi connectivity index (χ1n) is 6.32. The van der Waals surface area contributed by atoms with E-state index < -0.39 is 0 Å². The van der Waals surface area contributed by atoms with E-state index in [0.29, 0.717) is 25.2 Å². The molecular formula is C14H20N2O2. The van der Waals surface area contributed by atoms with E-state index in [1.54, 1.807) is 0 Å². The number of morpholine rings is 1. The monoisotopic (exact) mass is 248 g/mol. The maximum absolute atomic E-state index is 12.2. The van der Waals surface area contributed by atoms with Gasteiger partial charge in [-0.05, 0) is 31.5 Å². The molecule has 1 aliphatic rings. The van der Waals surface area contributed by atoms with Crippen LogP contribution in [0.2, 0.25) is 0 Å². The Morgan fingerprint density at radius 2 is 2.06 bits per heavy atom. The number of nitrogens with two attached hydrogens (primary N) is 1. The normalized spacial score (nSPS) is 24.0. The number of hydrogen-bond donors (Lipinski definition) is 1. The molecule has 0 saturated carbocycles. The highest BCUT2D eigenvalue weighted by Gasteiger charge is 2.25. The number of ether oxygens (including phenoxy) is 1. The Kier molecular flexibility index (Phi) is 3.87. The summed E-state index contributed by atoms with van der Waals surface area (Å²) in [6.07, 6.45) is 0.627. The minimum absolute atomic E-state index is 0.110. The quantitative estimate of drug-likeness (QED) is 0.806. The fraction of sp³-hybridized carbons (Fsp3) is 0.500. The Morgan fingerprint density at radius 3 is 2.67 bits per heavy atom. The van der Waals surface area contributed by atoms with E-state index in [0.717, 1.165) is 5.56 Å². The molecule has 18 heavy (non-hydrogen) atoms. The first kappa shape index (κ1) is 12.9. The van der Waals surface area contributed by atoms with Crippen LogP contribution in [0.5, 0.6) is 0 Å². The minimum atomic E-state index is 0.110. The second-order valence-corrected chi connectivity index (χ2v) is 4.98. The first-order chi connectivity index (χ1) is 8.54. The van der Waals surface area contributed by atoms with Gasteiger partial charge >= 0.3 is 0 Å². The summed E-state index contributed by atoms with van der Waals surface area (Å²) in [7, 11) is 0. The van der Waals surface area contributed by atoms with Crippen molar-refractivity contribution >= 4 is 11.6 Å². The van der Waals surface area contributed by atoms with E-state index in [2.05, 4.69) is 0 Å². The molecule has 0 unspecified atom stereocenters. The molecule has 4 nitrogen and oxygen atoms in total. The Balaban J connectivity index is 1.99. The van der Waals surface area contributed by atoms with Crippen LogP contribution < -0.4 is 5.73 Å². The summed E-state index contributed by atoms with van der Waals surface area (Å²) in [5, 5.41) is 0. The highest BCUT2D eigenvalue weighted by atomic mass is 16.5. The highest BCUT2D eigenvalue weighted by molar-refractivity contribution is 5.79. The van der Waals surface area contributed by atoms with Crippen LogP contribution in [-0.2, 0) is 16.0 Å². The number of carbonyl (C=O) groups is 1. The molecule has 1 fully saturated rings. The number of anilines is 1. The number of rotatable bonds is 2. The zero-order valence-electron chi connectivity index (χ0n) is 10.9. The Hall–Kier alpha value is -1.55. The van der Waals surface area contributed by atoms with Crippen molar-refractivity contribution in [1.29, 1.82) is 0 Å². The van der Waals surface area contributed by atoms with Gasteiger partial charge in [0.1, 0.15) is 0 Å². The largest absolute Gasteiger partial charge is 0.399 e. The molecule has 1 aromatic carbocycles. The molecule has 1 aromatic rings. The molecule has 2 atom stereocenters. The topological polar surface area (TPSA) is 55.6 Å². The van der Waals surface area contributed by atoms with E-state index >= 15 is 0 Å². The van der Waals surface area contributed by atoms with Crippen molar-refractivity contribution in [1.82, 2.24) is 4.90 Å². The first-order valence-corrected chi connectivity index (χ1v) is 6.32. The Bertz CT molecular complexity index is 424. The number of carbonyl (C=O) groups excluding carboxylic acids is 1. The molecular weight excluding hydrogens is 228 g/mol. The molecule has 2 N–H and O–H groups in total. The van der Waals surface area contributed by atoms with E-state index in [1.807, 2.05) is 43.0 Å². The van der Waals surface area contributed by atoms with Gasteiger partial charge in [0.25, 0.3) is 0 Å². The Labute approximate surface area is 108 Å². The SMILES string of the molecule is C[C@@H]1CN(C(=O)Cc2cccc(N)c2)C[C@H](C)O1. The maximum Gasteiger partial charge on any atom is 0.227 e. The second kappa shape index (κ2) is 5.40. The lowest BCUT2D eigenvalue weighted by atomic mass is 10.1. The van der Waals surface area contributed by atoms with Gasteiger partial charge in [0.2, 0.25) is 5.91 Å². The van der Waals surface area contributed by atoms with Gasteiger partial charge in [-0.15, -0.1) is 0 Å². The minimum Gasteiger partial charge on any atom is -0.399 e. The van der Waals surface area contributed by atoms with Crippen molar-refractivity contribution in [3.8, 4) is 0 Å². The van der Waals surface area contributed by atoms with Gasteiger partial charge in [0, 0.05) is 18.8 Å². The van der Waals surface area contributed by atoms with Crippen molar-refractivity contribution in [3.05, 3.63) is 29.8 Å². The summed E-state index contributed by atoms with van der Waals surface area (Å²) in [5.74, 6) is 0.141. The third-order valence-electron chi connectivity index (χ3n) is 3.08. The van der Waals surface area contributed by atoms with E-state index in [9.17, 15) is 4.79 Å². The van der Waals surface area contributed by atoms with Crippen LogP contribution in [-0.4, -0.2) is 36.1 Å². The average molecular weight is 248 g/mol. The molecule has 0 radical (unpaired) electrons. The summed E-state index contributed by atoms with van der Waals surface area (Å²) >= 11 is 0. The van der Waals surface area contributed by atoms with Crippen LogP contribution in [0.15, 0.2) is 24.3 Å². The number of amides is 1. The molecule has 1 heterocycles.